The highest BCUT2D eigenvalue weighted by atomic mass is 16.3. The lowest BCUT2D eigenvalue weighted by atomic mass is 9.45. The maximum absolute atomic E-state index is 10.3. The minimum absolute atomic E-state index is 0.0532. The van der Waals surface area contributed by atoms with E-state index in [0.29, 0.717) is 17.1 Å². The first-order valence-electron chi connectivity index (χ1n) is 9.03. The molecule has 2 heteroatoms. The van der Waals surface area contributed by atoms with E-state index >= 15 is 0 Å². The molecule has 4 aliphatic carbocycles. The van der Waals surface area contributed by atoms with Crippen molar-refractivity contribution in [2.45, 2.75) is 71.3 Å². The van der Waals surface area contributed by atoms with Crippen LogP contribution in [0.1, 0.15) is 65.2 Å². The molecular formula is C19H30O2. The lowest BCUT2D eigenvalue weighted by Gasteiger charge is -2.60. The van der Waals surface area contributed by atoms with Crippen LogP contribution in [0.25, 0.3) is 0 Å². The highest BCUT2D eigenvalue weighted by Gasteiger charge is 2.58. The van der Waals surface area contributed by atoms with Gasteiger partial charge in [-0.3, -0.25) is 0 Å². The number of allylic oxidation sites excluding steroid dienone is 2. The number of fused-ring (bicyclic) bond motifs is 5. The molecule has 118 valence electrons. The minimum atomic E-state index is -0.0755. The number of hydrogen-bond acceptors (Lipinski definition) is 2. The zero-order valence-corrected chi connectivity index (χ0v) is 13.5. The average molecular weight is 290 g/mol. The fourth-order valence-corrected chi connectivity index (χ4v) is 6.88. The van der Waals surface area contributed by atoms with Gasteiger partial charge in [-0.05, 0) is 86.5 Å². The predicted octanol–water partition coefficient (Wildman–Crippen LogP) is 4.44. The molecule has 0 heterocycles. The lowest BCUT2D eigenvalue weighted by molar-refractivity contribution is -0.125. The molecule has 3 fully saturated rings. The summed E-state index contributed by atoms with van der Waals surface area (Å²) in [5.41, 5.74) is 0.401. The summed E-state index contributed by atoms with van der Waals surface area (Å²) in [7, 11) is 0. The number of rotatable bonds is 0. The zero-order chi connectivity index (χ0) is 14.8. The van der Waals surface area contributed by atoms with Crippen LogP contribution in [0.4, 0.5) is 0 Å². The van der Waals surface area contributed by atoms with Gasteiger partial charge in [-0.2, -0.15) is 0 Å². The molecule has 2 nitrogen and oxygen atoms in total. The molecule has 3 saturated carbocycles. The summed E-state index contributed by atoms with van der Waals surface area (Å²) in [6.45, 7) is 4.76. The smallest absolute Gasteiger partial charge is 0.0944 e. The standard InChI is InChI=1S/C19H30O2/c1-18-10-9-16-14(15(18)7-8-17(18)21)6-4-12-3-5-13(20)11-19(12,16)2/h8,12-16,20-21H,3-7,9-11H2,1-2H3/t12-,13-,14+,15+,16+,18+,19+/m1/s1. The molecule has 0 aromatic carbocycles. The first kappa shape index (κ1) is 14.1. The van der Waals surface area contributed by atoms with Gasteiger partial charge in [0.25, 0.3) is 0 Å². The van der Waals surface area contributed by atoms with E-state index in [-0.39, 0.29) is 11.5 Å². The monoisotopic (exact) mass is 290 g/mol. The van der Waals surface area contributed by atoms with Crippen molar-refractivity contribution in [2.75, 3.05) is 0 Å². The molecule has 2 N–H and O–H groups in total. The summed E-state index contributed by atoms with van der Waals surface area (Å²) in [4.78, 5) is 0. The van der Waals surface area contributed by atoms with Crippen LogP contribution in [0.15, 0.2) is 11.8 Å². The van der Waals surface area contributed by atoms with E-state index in [2.05, 4.69) is 19.9 Å². The van der Waals surface area contributed by atoms with Gasteiger partial charge in [-0.1, -0.05) is 13.8 Å². The molecule has 4 aliphatic rings. The van der Waals surface area contributed by atoms with Crippen molar-refractivity contribution in [2.24, 2.45) is 34.5 Å². The molecule has 4 rings (SSSR count). The molecule has 0 saturated heterocycles. The van der Waals surface area contributed by atoms with E-state index in [0.717, 1.165) is 43.4 Å². The summed E-state index contributed by atoms with van der Waals surface area (Å²) in [5.74, 6) is 3.67. The molecule has 0 amide bonds. The van der Waals surface area contributed by atoms with Gasteiger partial charge < -0.3 is 10.2 Å². The van der Waals surface area contributed by atoms with Crippen LogP contribution < -0.4 is 0 Å². The maximum atomic E-state index is 10.3. The Morgan fingerprint density at radius 1 is 1.05 bits per heavy atom. The van der Waals surface area contributed by atoms with Crippen LogP contribution in [0.2, 0.25) is 0 Å². The Morgan fingerprint density at radius 3 is 2.62 bits per heavy atom. The number of hydrogen-bond donors (Lipinski definition) is 2. The highest BCUT2D eigenvalue weighted by Crippen LogP contribution is 2.65. The second-order valence-electron chi connectivity index (χ2n) is 8.87. The van der Waals surface area contributed by atoms with Crippen molar-refractivity contribution < 1.29 is 10.2 Å². The van der Waals surface area contributed by atoms with Gasteiger partial charge in [-0.25, -0.2) is 0 Å². The third-order valence-electron chi connectivity index (χ3n) is 8.13. The lowest BCUT2D eigenvalue weighted by Crippen LogP contribution is -2.54. The Kier molecular flexibility index (Phi) is 3.03. The van der Waals surface area contributed by atoms with Crippen LogP contribution in [0.3, 0.4) is 0 Å². The molecule has 0 unspecified atom stereocenters. The van der Waals surface area contributed by atoms with Gasteiger partial charge in [-0.15, -0.1) is 0 Å². The molecule has 0 spiro atoms. The van der Waals surface area contributed by atoms with Gasteiger partial charge in [0.1, 0.15) is 0 Å². The number of aliphatic hydroxyl groups is 2. The quantitative estimate of drug-likeness (QED) is 0.692. The third kappa shape index (κ3) is 1.81. The highest BCUT2D eigenvalue weighted by molar-refractivity contribution is 5.20. The Morgan fingerprint density at radius 2 is 1.81 bits per heavy atom. The summed E-state index contributed by atoms with van der Waals surface area (Å²) < 4.78 is 0. The Labute approximate surface area is 128 Å². The number of aliphatic hydroxyl groups excluding tert-OH is 2. The fourth-order valence-electron chi connectivity index (χ4n) is 6.88. The van der Waals surface area contributed by atoms with Gasteiger partial charge >= 0.3 is 0 Å². The van der Waals surface area contributed by atoms with E-state index < -0.39 is 0 Å². The van der Waals surface area contributed by atoms with Crippen molar-refractivity contribution in [1.82, 2.24) is 0 Å². The minimum Gasteiger partial charge on any atom is -0.512 e. The maximum Gasteiger partial charge on any atom is 0.0944 e. The second-order valence-corrected chi connectivity index (χ2v) is 8.87. The Balaban J connectivity index is 1.65. The van der Waals surface area contributed by atoms with Crippen LogP contribution in [0, 0.1) is 34.5 Å². The van der Waals surface area contributed by atoms with Gasteiger partial charge in [0.15, 0.2) is 0 Å². The Hall–Kier alpha value is -0.500. The molecule has 0 aromatic heterocycles. The largest absolute Gasteiger partial charge is 0.512 e. The molecular weight excluding hydrogens is 260 g/mol. The van der Waals surface area contributed by atoms with Gasteiger partial charge in [0.05, 0.1) is 11.9 Å². The topological polar surface area (TPSA) is 40.5 Å². The van der Waals surface area contributed by atoms with Crippen molar-refractivity contribution in [1.29, 1.82) is 0 Å². The summed E-state index contributed by atoms with van der Waals surface area (Å²) in [6, 6.07) is 0. The van der Waals surface area contributed by atoms with Gasteiger partial charge in [0.2, 0.25) is 0 Å². The van der Waals surface area contributed by atoms with Crippen molar-refractivity contribution in [3.8, 4) is 0 Å². The third-order valence-corrected chi connectivity index (χ3v) is 8.13. The fraction of sp³-hybridized carbons (Fsp3) is 0.895. The van der Waals surface area contributed by atoms with Crippen LogP contribution in [0.5, 0.6) is 0 Å². The first-order valence-corrected chi connectivity index (χ1v) is 9.03. The van der Waals surface area contributed by atoms with Crippen LogP contribution >= 0.6 is 0 Å². The molecule has 0 radical (unpaired) electrons. The second kappa shape index (κ2) is 4.50. The van der Waals surface area contributed by atoms with Crippen LogP contribution in [-0.4, -0.2) is 16.3 Å². The van der Waals surface area contributed by atoms with Crippen molar-refractivity contribution in [3.05, 3.63) is 11.8 Å². The Bertz CT molecular complexity index is 470. The first-order chi connectivity index (χ1) is 9.95. The van der Waals surface area contributed by atoms with E-state index in [4.69, 9.17) is 0 Å². The summed E-state index contributed by atoms with van der Waals surface area (Å²) >= 11 is 0. The van der Waals surface area contributed by atoms with Crippen molar-refractivity contribution >= 4 is 0 Å². The zero-order valence-electron chi connectivity index (χ0n) is 13.5. The van der Waals surface area contributed by atoms with Crippen molar-refractivity contribution in [3.63, 3.8) is 0 Å². The van der Waals surface area contributed by atoms with E-state index in [9.17, 15) is 10.2 Å². The summed E-state index contributed by atoms with van der Waals surface area (Å²) in [5, 5.41) is 20.6. The SMILES string of the molecule is C[C@]12C[C@H](O)CC[C@@H]1CC[C@@H]1[C@@H]2CC[C@]2(C)C(O)=CC[C@@H]12. The van der Waals surface area contributed by atoms with E-state index in [1.165, 1.54) is 25.7 Å². The van der Waals surface area contributed by atoms with E-state index in [1.807, 2.05) is 0 Å². The van der Waals surface area contributed by atoms with Gasteiger partial charge in [0, 0.05) is 5.41 Å². The van der Waals surface area contributed by atoms with Crippen LogP contribution in [-0.2, 0) is 0 Å². The average Bonchev–Trinajstić information content (AvgIpc) is 2.74. The molecule has 21 heavy (non-hydrogen) atoms. The predicted molar refractivity (Wildman–Crippen MR) is 83.8 cm³/mol. The summed E-state index contributed by atoms with van der Waals surface area (Å²) in [6.07, 6.45) is 11.4. The molecule has 0 aromatic rings. The molecule has 0 aliphatic heterocycles. The normalized spacial score (nSPS) is 56.1. The van der Waals surface area contributed by atoms with E-state index in [1.54, 1.807) is 0 Å². The molecule has 0 bridgehead atoms. The molecule has 7 atom stereocenters.